The second-order valence-electron chi connectivity index (χ2n) is 3.37. The number of ketones is 1. The third kappa shape index (κ3) is 2.91. The van der Waals surface area contributed by atoms with Crippen LogP contribution >= 0.6 is 11.6 Å². The van der Waals surface area contributed by atoms with Gasteiger partial charge in [0, 0.05) is 20.3 Å². The first kappa shape index (κ1) is 11.9. The maximum Gasteiger partial charge on any atom is 0.194 e. The van der Waals surface area contributed by atoms with E-state index in [-0.39, 0.29) is 12.3 Å². The Balaban J connectivity index is 3.02. The minimum absolute atomic E-state index is 0.0442. The Labute approximate surface area is 94.3 Å². The van der Waals surface area contributed by atoms with Gasteiger partial charge >= 0.3 is 0 Å². The molecule has 1 heterocycles. The number of likely N-dealkylation sites (N-methyl/N-ethyl adjacent to an activating group) is 1. The number of nitrogens with zero attached hydrogens (tertiary/aromatic N) is 2. The van der Waals surface area contributed by atoms with Crippen molar-refractivity contribution in [2.24, 2.45) is 0 Å². The first-order valence-corrected chi connectivity index (χ1v) is 4.94. The molecule has 1 aromatic rings. The number of hydrogen-bond acceptors (Lipinski definition) is 4. The van der Waals surface area contributed by atoms with Gasteiger partial charge in [-0.25, -0.2) is 0 Å². The average molecular weight is 228 g/mol. The topological polar surface area (TPSA) is 45.2 Å². The molecule has 1 N–H and O–H groups in total. The van der Waals surface area contributed by atoms with Crippen molar-refractivity contribution in [3.05, 3.63) is 23.0 Å². The van der Waals surface area contributed by atoms with Crippen molar-refractivity contribution in [2.45, 2.75) is 0 Å². The monoisotopic (exact) mass is 227 g/mol. The molecule has 0 saturated heterocycles. The lowest BCUT2D eigenvalue weighted by Crippen LogP contribution is -2.20. The number of aromatic nitrogens is 1. The fourth-order valence-electron chi connectivity index (χ4n) is 1.17. The van der Waals surface area contributed by atoms with E-state index >= 15 is 0 Å². The van der Waals surface area contributed by atoms with Gasteiger partial charge < -0.3 is 10.2 Å². The first-order chi connectivity index (χ1) is 7.06. The summed E-state index contributed by atoms with van der Waals surface area (Å²) in [7, 11) is 5.46. The fraction of sp³-hybridized carbons (Fsp3) is 0.400. The van der Waals surface area contributed by atoms with Crippen LogP contribution in [0, 0.1) is 0 Å². The standard InChI is InChI=1S/C10H14ClN3O/c1-12-6-10(15)8-4-9(14(2)3)7(11)5-13-8/h4-5,12H,6H2,1-3H3. The van der Waals surface area contributed by atoms with Gasteiger partial charge in [0.2, 0.25) is 0 Å². The summed E-state index contributed by atoms with van der Waals surface area (Å²) in [6.45, 7) is 0.279. The highest BCUT2D eigenvalue weighted by molar-refractivity contribution is 6.33. The van der Waals surface area contributed by atoms with Gasteiger partial charge in [0.05, 0.1) is 17.3 Å². The molecule has 0 amide bonds. The van der Waals surface area contributed by atoms with Crippen molar-refractivity contribution in [3.8, 4) is 0 Å². The molecule has 0 bridgehead atoms. The number of Topliss-reactive ketones (excluding diaryl/α,β-unsaturated/α-hetero) is 1. The minimum Gasteiger partial charge on any atom is -0.376 e. The molecule has 0 aromatic carbocycles. The largest absolute Gasteiger partial charge is 0.376 e. The van der Waals surface area contributed by atoms with Crippen LogP contribution in [0.4, 0.5) is 5.69 Å². The summed E-state index contributed by atoms with van der Waals surface area (Å²) in [6.07, 6.45) is 1.50. The molecule has 0 fully saturated rings. The van der Waals surface area contributed by atoms with E-state index in [1.807, 2.05) is 19.0 Å². The predicted octanol–water partition coefficient (Wildman–Crippen LogP) is 1.20. The van der Waals surface area contributed by atoms with E-state index in [1.165, 1.54) is 6.20 Å². The number of carbonyl (C=O) groups excluding carboxylic acids is 1. The van der Waals surface area contributed by atoms with Crippen LogP contribution in [0.25, 0.3) is 0 Å². The van der Waals surface area contributed by atoms with Crippen LogP contribution < -0.4 is 10.2 Å². The molecule has 5 heteroatoms. The number of rotatable bonds is 4. The molecule has 4 nitrogen and oxygen atoms in total. The van der Waals surface area contributed by atoms with Gasteiger partial charge in [-0.2, -0.15) is 0 Å². The van der Waals surface area contributed by atoms with E-state index in [4.69, 9.17) is 11.6 Å². The van der Waals surface area contributed by atoms with Crippen LogP contribution in [0.15, 0.2) is 12.3 Å². The van der Waals surface area contributed by atoms with Gasteiger partial charge in [0.25, 0.3) is 0 Å². The van der Waals surface area contributed by atoms with Crippen LogP contribution in [0.5, 0.6) is 0 Å². The molecule has 15 heavy (non-hydrogen) atoms. The number of hydrogen-bond donors (Lipinski definition) is 1. The Kier molecular flexibility index (Phi) is 4.05. The molecule has 1 aromatic heterocycles. The number of anilines is 1. The van der Waals surface area contributed by atoms with Crippen LogP contribution in [0.2, 0.25) is 5.02 Å². The van der Waals surface area contributed by atoms with Crippen molar-refractivity contribution in [1.29, 1.82) is 0 Å². The van der Waals surface area contributed by atoms with E-state index in [0.717, 1.165) is 5.69 Å². The van der Waals surface area contributed by atoms with Crippen molar-refractivity contribution in [3.63, 3.8) is 0 Å². The minimum atomic E-state index is -0.0442. The molecule has 0 unspecified atom stereocenters. The van der Waals surface area contributed by atoms with Gasteiger partial charge in [-0.15, -0.1) is 0 Å². The van der Waals surface area contributed by atoms with Gasteiger partial charge in [0.15, 0.2) is 5.78 Å². The zero-order valence-corrected chi connectivity index (χ0v) is 9.80. The molecule has 0 atom stereocenters. The van der Waals surface area contributed by atoms with Gasteiger partial charge in [0.1, 0.15) is 5.69 Å². The highest BCUT2D eigenvalue weighted by atomic mass is 35.5. The van der Waals surface area contributed by atoms with Crippen LogP contribution in [0.1, 0.15) is 10.5 Å². The number of carbonyl (C=O) groups is 1. The lowest BCUT2D eigenvalue weighted by molar-refractivity contribution is 0.0989. The van der Waals surface area contributed by atoms with Crippen molar-refractivity contribution >= 4 is 23.1 Å². The third-order valence-corrected chi connectivity index (χ3v) is 2.23. The number of halogens is 1. The fourth-order valence-corrected chi connectivity index (χ4v) is 1.45. The van der Waals surface area contributed by atoms with Crippen molar-refractivity contribution in [2.75, 3.05) is 32.6 Å². The molecular formula is C10H14ClN3O. The Hall–Kier alpha value is -1.13. The van der Waals surface area contributed by atoms with E-state index in [0.29, 0.717) is 10.7 Å². The Bertz CT molecular complexity index is 366. The quantitative estimate of drug-likeness (QED) is 0.786. The summed E-state index contributed by atoms with van der Waals surface area (Å²) in [5.74, 6) is -0.0442. The molecule has 0 aliphatic heterocycles. The molecule has 1 rings (SSSR count). The molecular weight excluding hydrogens is 214 g/mol. The van der Waals surface area contributed by atoms with E-state index in [9.17, 15) is 4.79 Å². The maximum atomic E-state index is 11.5. The zero-order chi connectivity index (χ0) is 11.4. The second kappa shape index (κ2) is 5.09. The molecule has 0 radical (unpaired) electrons. The SMILES string of the molecule is CNCC(=O)c1cc(N(C)C)c(Cl)cn1. The van der Waals surface area contributed by atoms with Gasteiger partial charge in [-0.3, -0.25) is 9.78 Å². The first-order valence-electron chi connectivity index (χ1n) is 4.57. The number of nitrogens with one attached hydrogen (secondary N) is 1. The van der Waals surface area contributed by atoms with Crippen LogP contribution in [-0.2, 0) is 0 Å². The summed E-state index contributed by atoms with van der Waals surface area (Å²) >= 11 is 5.94. The summed E-state index contributed by atoms with van der Waals surface area (Å²) < 4.78 is 0. The number of pyridine rings is 1. The second-order valence-corrected chi connectivity index (χ2v) is 3.78. The van der Waals surface area contributed by atoms with E-state index < -0.39 is 0 Å². The Morgan fingerprint density at radius 3 is 2.80 bits per heavy atom. The van der Waals surface area contributed by atoms with Gasteiger partial charge in [-0.05, 0) is 13.1 Å². The van der Waals surface area contributed by atoms with Crippen molar-refractivity contribution < 1.29 is 4.79 Å². The lowest BCUT2D eigenvalue weighted by atomic mass is 10.2. The highest BCUT2D eigenvalue weighted by Gasteiger charge is 2.10. The molecule has 0 saturated carbocycles. The summed E-state index contributed by atoms with van der Waals surface area (Å²) in [4.78, 5) is 17.4. The van der Waals surface area contributed by atoms with E-state index in [1.54, 1.807) is 13.1 Å². The molecule has 0 spiro atoms. The normalized spacial score (nSPS) is 10.1. The summed E-state index contributed by atoms with van der Waals surface area (Å²) in [6, 6.07) is 1.70. The Morgan fingerprint density at radius 1 is 1.60 bits per heavy atom. The van der Waals surface area contributed by atoms with Crippen LogP contribution in [-0.4, -0.2) is 38.5 Å². The van der Waals surface area contributed by atoms with Crippen LogP contribution in [0.3, 0.4) is 0 Å². The third-order valence-electron chi connectivity index (χ3n) is 1.94. The average Bonchev–Trinajstić information content (AvgIpc) is 2.18. The lowest BCUT2D eigenvalue weighted by Gasteiger charge is -2.14. The molecule has 0 aliphatic carbocycles. The smallest absolute Gasteiger partial charge is 0.194 e. The predicted molar refractivity (Wildman–Crippen MR) is 61.8 cm³/mol. The van der Waals surface area contributed by atoms with E-state index in [2.05, 4.69) is 10.3 Å². The summed E-state index contributed by atoms with van der Waals surface area (Å²) in [5.41, 5.74) is 1.23. The zero-order valence-electron chi connectivity index (χ0n) is 9.04. The highest BCUT2D eigenvalue weighted by Crippen LogP contribution is 2.23. The van der Waals surface area contributed by atoms with Gasteiger partial charge in [-0.1, -0.05) is 11.6 Å². The Morgan fingerprint density at radius 2 is 2.27 bits per heavy atom. The molecule has 0 aliphatic rings. The molecule has 82 valence electrons. The summed E-state index contributed by atoms with van der Waals surface area (Å²) in [5, 5.41) is 3.34. The maximum absolute atomic E-state index is 11.5. The van der Waals surface area contributed by atoms with Crippen molar-refractivity contribution in [1.82, 2.24) is 10.3 Å².